The molecule has 0 aromatic heterocycles. The highest BCUT2D eigenvalue weighted by molar-refractivity contribution is 5.87. The van der Waals surface area contributed by atoms with Crippen LogP contribution in [0.5, 0.6) is 0 Å². The Balaban J connectivity index is 4.14. The van der Waals surface area contributed by atoms with Crippen molar-refractivity contribution < 1.29 is 31.9 Å². The SMILES string of the molecule is C=C(C)C(=O)OCCNC(=O)C(F)(F)C(C)(F)F. The van der Waals surface area contributed by atoms with Crippen LogP contribution >= 0.6 is 0 Å². The predicted octanol–water partition coefficient (Wildman–Crippen LogP) is 1.51. The number of ether oxygens (including phenoxy) is 1. The van der Waals surface area contributed by atoms with Crippen LogP contribution in [0.1, 0.15) is 13.8 Å². The summed E-state index contributed by atoms with van der Waals surface area (Å²) >= 11 is 0. The van der Waals surface area contributed by atoms with Crippen molar-refractivity contribution in [2.75, 3.05) is 13.2 Å². The molecule has 0 unspecified atom stereocenters. The molecule has 1 amide bonds. The van der Waals surface area contributed by atoms with E-state index in [-0.39, 0.29) is 12.5 Å². The summed E-state index contributed by atoms with van der Waals surface area (Å²) in [6, 6.07) is 0. The lowest BCUT2D eigenvalue weighted by molar-refractivity contribution is -0.202. The first kappa shape index (κ1) is 16.4. The van der Waals surface area contributed by atoms with Gasteiger partial charge in [0, 0.05) is 12.5 Å². The minimum atomic E-state index is -4.81. The fraction of sp³-hybridized carbons (Fsp3) is 0.600. The van der Waals surface area contributed by atoms with Crippen LogP contribution < -0.4 is 5.32 Å². The third-order valence-corrected chi connectivity index (χ3v) is 1.81. The van der Waals surface area contributed by atoms with Gasteiger partial charge in [-0.25, -0.2) is 4.79 Å². The predicted molar refractivity (Wildman–Crippen MR) is 54.4 cm³/mol. The lowest BCUT2D eigenvalue weighted by atomic mass is 10.2. The third kappa shape index (κ3) is 4.34. The van der Waals surface area contributed by atoms with Gasteiger partial charge in [-0.2, -0.15) is 17.6 Å². The quantitative estimate of drug-likeness (QED) is 0.345. The number of amides is 1. The summed E-state index contributed by atoms with van der Waals surface area (Å²) in [5.41, 5.74) is 0.0896. The van der Waals surface area contributed by atoms with Gasteiger partial charge in [0.1, 0.15) is 6.61 Å². The smallest absolute Gasteiger partial charge is 0.385 e. The molecular formula is C10H13F4NO3. The van der Waals surface area contributed by atoms with E-state index in [0.29, 0.717) is 0 Å². The summed E-state index contributed by atoms with van der Waals surface area (Å²) in [5, 5.41) is 1.55. The largest absolute Gasteiger partial charge is 0.460 e. The number of carbonyl (C=O) groups excluding carboxylic acids is 2. The molecule has 0 aromatic carbocycles. The molecule has 18 heavy (non-hydrogen) atoms. The summed E-state index contributed by atoms with van der Waals surface area (Å²) in [6.07, 6.45) is 0. The zero-order chi connectivity index (χ0) is 14.6. The van der Waals surface area contributed by atoms with Gasteiger partial charge < -0.3 is 10.1 Å². The zero-order valence-electron chi connectivity index (χ0n) is 9.86. The van der Waals surface area contributed by atoms with Gasteiger partial charge in [-0.15, -0.1) is 0 Å². The summed E-state index contributed by atoms with van der Waals surface area (Å²) < 4.78 is 54.7. The van der Waals surface area contributed by atoms with Crippen LogP contribution in [-0.4, -0.2) is 36.9 Å². The molecule has 0 aromatic rings. The Hall–Kier alpha value is -1.60. The van der Waals surface area contributed by atoms with E-state index < -0.39 is 36.9 Å². The molecule has 1 N–H and O–H groups in total. The summed E-state index contributed by atoms with van der Waals surface area (Å²) in [7, 11) is 0. The number of rotatable bonds is 6. The maximum absolute atomic E-state index is 12.8. The molecule has 0 saturated heterocycles. The second kappa shape index (κ2) is 5.83. The Kier molecular flexibility index (Phi) is 5.31. The molecule has 0 aliphatic heterocycles. The van der Waals surface area contributed by atoms with Crippen molar-refractivity contribution in [1.82, 2.24) is 5.32 Å². The van der Waals surface area contributed by atoms with Crippen molar-refractivity contribution in [2.24, 2.45) is 0 Å². The minimum Gasteiger partial charge on any atom is -0.460 e. The van der Waals surface area contributed by atoms with Gasteiger partial charge in [-0.3, -0.25) is 4.79 Å². The van der Waals surface area contributed by atoms with E-state index in [1.165, 1.54) is 6.92 Å². The van der Waals surface area contributed by atoms with Crippen LogP contribution in [0.4, 0.5) is 17.6 Å². The summed E-state index contributed by atoms with van der Waals surface area (Å²) in [4.78, 5) is 21.6. The highest BCUT2D eigenvalue weighted by atomic mass is 19.3. The highest BCUT2D eigenvalue weighted by Crippen LogP contribution is 2.33. The van der Waals surface area contributed by atoms with Crippen molar-refractivity contribution in [3.8, 4) is 0 Å². The Morgan fingerprint density at radius 3 is 2.17 bits per heavy atom. The molecule has 0 fully saturated rings. The average molecular weight is 271 g/mol. The van der Waals surface area contributed by atoms with Crippen LogP contribution in [-0.2, 0) is 14.3 Å². The van der Waals surface area contributed by atoms with Crippen LogP contribution in [0, 0.1) is 0 Å². The second-order valence-electron chi connectivity index (χ2n) is 3.63. The van der Waals surface area contributed by atoms with Crippen molar-refractivity contribution in [3.05, 3.63) is 12.2 Å². The van der Waals surface area contributed by atoms with E-state index in [0.717, 1.165) is 0 Å². The highest BCUT2D eigenvalue weighted by Gasteiger charge is 2.58. The Labute approximate surface area is 101 Å². The van der Waals surface area contributed by atoms with Gasteiger partial charge in [-0.1, -0.05) is 6.58 Å². The van der Waals surface area contributed by atoms with E-state index in [4.69, 9.17) is 0 Å². The Morgan fingerprint density at radius 1 is 1.28 bits per heavy atom. The van der Waals surface area contributed by atoms with E-state index in [1.54, 1.807) is 5.32 Å². The lowest BCUT2D eigenvalue weighted by Gasteiger charge is -2.21. The van der Waals surface area contributed by atoms with Crippen molar-refractivity contribution in [2.45, 2.75) is 25.7 Å². The Morgan fingerprint density at radius 2 is 1.78 bits per heavy atom. The minimum absolute atomic E-state index is 0.0618. The number of nitrogens with one attached hydrogen (secondary N) is 1. The van der Waals surface area contributed by atoms with Crippen LogP contribution in [0.3, 0.4) is 0 Å². The first-order valence-corrected chi connectivity index (χ1v) is 4.86. The molecule has 0 bridgehead atoms. The fourth-order valence-electron chi connectivity index (χ4n) is 0.742. The number of halogens is 4. The number of hydrogen-bond donors (Lipinski definition) is 1. The molecule has 0 aliphatic carbocycles. The molecule has 0 radical (unpaired) electrons. The van der Waals surface area contributed by atoms with Gasteiger partial charge in [-0.05, 0) is 6.92 Å². The fourth-order valence-corrected chi connectivity index (χ4v) is 0.742. The second-order valence-corrected chi connectivity index (χ2v) is 3.63. The molecule has 0 aliphatic rings. The molecule has 0 rings (SSSR count). The van der Waals surface area contributed by atoms with Crippen molar-refractivity contribution in [3.63, 3.8) is 0 Å². The molecule has 0 atom stereocenters. The number of alkyl halides is 4. The number of hydrogen-bond acceptors (Lipinski definition) is 3. The van der Waals surface area contributed by atoms with Crippen LogP contribution in [0.25, 0.3) is 0 Å². The molecule has 8 heteroatoms. The van der Waals surface area contributed by atoms with Crippen molar-refractivity contribution in [1.29, 1.82) is 0 Å². The molecule has 104 valence electrons. The topological polar surface area (TPSA) is 55.4 Å². The van der Waals surface area contributed by atoms with E-state index in [1.807, 2.05) is 0 Å². The lowest BCUT2D eigenvalue weighted by Crippen LogP contribution is -2.51. The molecule has 0 saturated carbocycles. The van der Waals surface area contributed by atoms with E-state index in [9.17, 15) is 27.2 Å². The van der Waals surface area contributed by atoms with Crippen LogP contribution in [0.2, 0.25) is 0 Å². The number of carbonyl (C=O) groups is 2. The van der Waals surface area contributed by atoms with Crippen LogP contribution in [0.15, 0.2) is 12.2 Å². The summed E-state index contributed by atoms with van der Waals surface area (Å²) in [6.45, 7) is 3.65. The van der Waals surface area contributed by atoms with Gasteiger partial charge in [0.05, 0.1) is 6.54 Å². The normalized spacial score (nSPS) is 11.9. The third-order valence-electron chi connectivity index (χ3n) is 1.81. The molecule has 0 heterocycles. The first-order chi connectivity index (χ1) is 8.00. The van der Waals surface area contributed by atoms with E-state index >= 15 is 0 Å². The van der Waals surface area contributed by atoms with Gasteiger partial charge in [0.2, 0.25) is 0 Å². The monoisotopic (exact) mass is 271 g/mol. The Bertz CT molecular complexity index is 350. The molecular weight excluding hydrogens is 258 g/mol. The standard InChI is InChI=1S/C10H13F4NO3/c1-6(2)7(16)18-5-4-15-8(17)10(13,14)9(3,11)12/h1,4-5H2,2-3H3,(H,15,17). The van der Waals surface area contributed by atoms with Crippen molar-refractivity contribution >= 4 is 11.9 Å². The zero-order valence-corrected chi connectivity index (χ0v) is 9.86. The van der Waals surface area contributed by atoms with Gasteiger partial charge in [0.25, 0.3) is 5.91 Å². The summed E-state index contributed by atoms with van der Waals surface area (Å²) in [5.74, 6) is -12.2. The number of esters is 1. The first-order valence-electron chi connectivity index (χ1n) is 4.86. The van der Waals surface area contributed by atoms with E-state index in [2.05, 4.69) is 11.3 Å². The van der Waals surface area contributed by atoms with Gasteiger partial charge in [0.15, 0.2) is 0 Å². The maximum atomic E-state index is 12.8. The molecule has 4 nitrogen and oxygen atoms in total. The molecule has 0 spiro atoms. The van der Waals surface area contributed by atoms with Gasteiger partial charge >= 0.3 is 17.8 Å². The average Bonchev–Trinajstić information content (AvgIpc) is 2.21. The maximum Gasteiger partial charge on any atom is 0.385 e.